The van der Waals surface area contributed by atoms with Gasteiger partial charge in [0.25, 0.3) is 0 Å². The van der Waals surface area contributed by atoms with Gasteiger partial charge in [0.15, 0.2) is 0 Å². The summed E-state index contributed by atoms with van der Waals surface area (Å²) >= 11 is 0. The monoisotopic (exact) mass is 720 g/mol. The number of benzene rings is 2. The summed E-state index contributed by atoms with van der Waals surface area (Å²) in [5.74, 6) is -1.40. The molecule has 2 aliphatic rings. The Labute approximate surface area is 305 Å². The maximum absolute atomic E-state index is 14.2. The number of hydrogen-bond donors (Lipinski definition) is 2. The highest BCUT2D eigenvalue weighted by Crippen LogP contribution is 2.39. The average molecular weight is 721 g/mol. The summed E-state index contributed by atoms with van der Waals surface area (Å²) in [6, 6.07) is 15.6. The zero-order chi connectivity index (χ0) is 37.4. The second-order valence-corrected chi connectivity index (χ2v) is 14.8. The predicted molar refractivity (Wildman–Crippen MR) is 197 cm³/mol. The number of alkyl halides is 1. The van der Waals surface area contributed by atoms with Crippen LogP contribution in [0.25, 0.3) is 10.9 Å². The summed E-state index contributed by atoms with van der Waals surface area (Å²) in [6.45, 7) is 8.30. The van der Waals surface area contributed by atoms with Gasteiger partial charge in [-0.25, -0.2) is 14.0 Å². The summed E-state index contributed by atoms with van der Waals surface area (Å²) in [7, 11) is 1.80. The molecule has 1 aliphatic carbocycles. The number of amides is 3. The molecule has 0 spiro atoms. The molecule has 2 N–H and O–H groups in total. The van der Waals surface area contributed by atoms with E-state index in [1.165, 1.54) is 0 Å². The van der Waals surface area contributed by atoms with Gasteiger partial charge in [-0.15, -0.1) is 0 Å². The molecule has 0 bridgehead atoms. The standard InChI is InChI=1S/C40H53FN4O7/c1-6-50-21-10-22-51-38(48)34-24-29-23-30(17-18-33(29)44(34)5)42-36(46)35-31(26-11-8-7-9-12-26)19-20-45(35)37(47)28-15-13-27(14-16-28)32(25-41)43-39(49)52-40(2,3)4/h7-9,11-12,17-18,23-24,27-28,31-32,35H,6,10,13-16,19-22,25H2,1-5H3,(H,42,46)(H,43,49)/t27?,28?,31-,32+,35+/m0/s1. The molecule has 1 saturated heterocycles. The summed E-state index contributed by atoms with van der Waals surface area (Å²) in [4.78, 5) is 55.3. The fourth-order valence-electron chi connectivity index (χ4n) is 7.54. The number of fused-ring (bicyclic) bond motifs is 1. The normalized spacial score (nSPS) is 21.1. The Bertz CT molecular complexity index is 1700. The van der Waals surface area contributed by atoms with Gasteiger partial charge in [-0.05, 0) is 95.5 Å². The van der Waals surface area contributed by atoms with E-state index in [-0.39, 0.29) is 36.2 Å². The van der Waals surface area contributed by atoms with Crippen LogP contribution in [-0.2, 0) is 30.8 Å². The van der Waals surface area contributed by atoms with Gasteiger partial charge in [-0.1, -0.05) is 30.3 Å². The quantitative estimate of drug-likeness (QED) is 0.148. The van der Waals surface area contributed by atoms with E-state index in [0.717, 1.165) is 16.5 Å². The fraction of sp³-hybridized carbons (Fsp3) is 0.550. The van der Waals surface area contributed by atoms with E-state index >= 15 is 0 Å². The lowest BCUT2D eigenvalue weighted by Crippen LogP contribution is -2.49. The summed E-state index contributed by atoms with van der Waals surface area (Å²) in [5, 5.41) is 6.53. The first-order chi connectivity index (χ1) is 24.9. The topological polar surface area (TPSA) is 128 Å². The predicted octanol–water partition coefficient (Wildman–Crippen LogP) is 6.75. The van der Waals surface area contributed by atoms with E-state index in [1.54, 1.807) is 49.4 Å². The molecule has 1 aromatic heterocycles. The molecule has 0 unspecified atom stereocenters. The van der Waals surface area contributed by atoms with Crippen LogP contribution in [0.1, 0.15) is 88.2 Å². The third-order valence-corrected chi connectivity index (χ3v) is 10.1. The lowest BCUT2D eigenvalue weighted by atomic mass is 9.78. The van der Waals surface area contributed by atoms with Crippen molar-refractivity contribution in [3.8, 4) is 0 Å². The smallest absolute Gasteiger partial charge is 0.407 e. The molecule has 3 amide bonds. The molecule has 2 aromatic carbocycles. The third-order valence-electron chi connectivity index (χ3n) is 10.1. The van der Waals surface area contributed by atoms with Crippen LogP contribution in [0.5, 0.6) is 0 Å². The average Bonchev–Trinajstić information content (AvgIpc) is 3.71. The molecular formula is C40H53FN4O7. The van der Waals surface area contributed by atoms with Crippen molar-refractivity contribution in [1.29, 1.82) is 0 Å². The van der Waals surface area contributed by atoms with Crippen LogP contribution in [0.15, 0.2) is 54.6 Å². The lowest BCUT2D eigenvalue weighted by Gasteiger charge is -2.36. The van der Waals surface area contributed by atoms with Crippen molar-refractivity contribution in [1.82, 2.24) is 14.8 Å². The van der Waals surface area contributed by atoms with E-state index in [2.05, 4.69) is 10.6 Å². The number of rotatable bonds is 13. The minimum absolute atomic E-state index is 0.0724. The summed E-state index contributed by atoms with van der Waals surface area (Å²) in [6.07, 6.45) is 2.84. The number of carbonyl (C=O) groups excluding carboxylic acids is 4. The SMILES string of the molecule is CCOCCCOC(=O)c1cc2cc(NC(=O)[C@H]3[C@H](c4ccccc4)CCN3C(=O)C3CCC([C@@H](CF)NC(=O)OC(C)(C)C)CC3)ccc2n1C. The van der Waals surface area contributed by atoms with Gasteiger partial charge in [0.1, 0.15) is 24.0 Å². The Morgan fingerprint density at radius 3 is 2.37 bits per heavy atom. The highest BCUT2D eigenvalue weighted by Gasteiger charge is 2.45. The van der Waals surface area contributed by atoms with E-state index in [1.807, 2.05) is 49.4 Å². The number of halogens is 1. The van der Waals surface area contributed by atoms with Crippen LogP contribution in [0.4, 0.5) is 14.9 Å². The van der Waals surface area contributed by atoms with Crippen molar-refractivity contribution < 1.29 is 37.8 Å². The van der Waals surface area contributed by atoms with Gasteiger partial charge in [0.05, 0.1) is 12.6 Å². The van der Waals surface area contributed by atoms with Crippen LogP contribution >= 0.6 is 0 Å². The molecular weight excluding hydrogens is 667 g/mol. The van der Waals surface area contributed by atoms with Crippen LogP contribution in [0.3, 0.4) is 0 Å². The number of likely N-dealkylation sites (tertiary alicyclic amines) is 1. The molecule has 1 aliphatic heterocycles. The molecule has 12 heteroatoms. The van der Waals surface area contributed by atoms with Gasteiger partial charge in [-0.3, -0.25) is 9.59 Å². The highest BCUT2D eigenvalue weighted by molar-refractivity contribution is 6.01. The molecule has 11 nitrogen and oxygen atoms in total. The van der Waals surface area contributed by atoms with Crippen LogP contribution < -0.4 is 10.6 Å². The Balaban J connectivity index is 1.27. The number of nitrogens with zero attached hydrogens (tertiary/aromatic N) is 2. The van der Waals surface area contributed by atoms with E-state index < -0.39 is 36.4 Å². The Kier molecular flexibility index (Phi) is 13.0. The van der Waals surface area contributed by atoms with Crippen molar-refractivity contribution in [3.63, 3.8) is 0 Å². The largest absolute Gasteiger partial charge is 0.461 e. The van der Waals surface area contributed by atoms with Crippen molar-refractivity contribution in [3.05, 3.63) is 65.9 Å². The second-order valence-electron chi connectivity index (χ2n) is 14.8. The molecule has 3 atom stereocenters. The molecule has 0 radical (unpaired) electrons. The number of carbonyl (C=O) groups is 4. The number of alkyl carbamates (subject to hydrolysis) is 1. The van der Waals surface area contributed by atoms with Gasteiger partial charge >= 0.3 is 12.1 Å². The van der Waals surface area contributed by atoms with Crippen molar-refractivity contribution in [2.24, 2.45) is 18.9 Å². The number of anilines is 1. The van der Waals surface area contributed by atoms with Gasteiger partial charge in [-0.2, -0.15) is 0 Å². The number of esters is 1. The molecule has 282 valence electrons. The number of ether oxygens (including phenoxy) is 3. The Morgan fingerprint density at radius 2 is 1.69 bits per heavy atom. The van der Waals surface area contributed by atoms with E-state index in [9.17, 15) is 23.6 Å². The fourth-order valence-corrected chi connectivity index (χ4v) is 7.54. The number of hydrogen-bond acceptors (Lipinski definition) is 7. The first-order valence-corrected chi connectivity index (χ1v) is 18.5. The third kappa shape index (κ3) is 9.50. The number of aryl methyl sites for hydroxylation is 1. The molecule has 3 aromatic rings. The number of aromatic nitrogens is 1. The Morgan fingerprint density at radius 1 is 0.962 bits per heavy atom. The molecule has 1 saturated carbocycles. The second kappa shape index (κ2) is 17.4. The van der Waals surface area contributed by atoms with E-state index in [4.69, 9.17) is 14.2 Å². The minimum Gasteiger partial charge on any atom is -0.461 e. The molecule has 5 rings (SSSR count). The van der Waals surface area contributed by atoms with Crippen molar-refractivity contribution >= 4 is 40.5 Å². The molecule has 2 fully saturated rings. The van der Waals surface area contributed by atoms with Crippen LogP contribution in [0, 0.1) is 11.8 Å². The summed E-state index contributed by atoms with van der Waals surface area (Å²) in [5.41, 5.74) is 2.07. The van der Waals surface area contributed by atoms with Gasteiger partial charge in [0.2, 0.25) is 11.8 Å². The lowest BCUT2D eigenvalue weighted by molar-refractivity contribution is -0.141. The maximum atomic E-state index is 14.2. The van der Waals surface area contributed by atoms with Gasteiger partial charge in [0, 0.05) is 61.7 Å². The van der Waals surface area contributed by atoms with Crippen LogP contribution in [0.2, 0.25) is 0 Å². The summed E-state index contributed by atoms with van der Waals surface area (Å²) < 4.78 is 31.9. The zero-order valence-corrected chi connectivity index (χ0v) is 31.0. The maximum Gasteiger partial charge on any atom is 0.407 e. The first-order valence-electron chi connectivity index (χ1n) is 18.5. The van der Waals surface area contributed by atoms with Crippen molar-refractivity contribution in [2.75, 3.05) is 38.4 Å². The first kappa shape index (κ1) is 38.8. The zero-order valence-electron chi connectivity index (χ0n) is 31.0. The Hall–Kier alpha value is -4.45. The number of nitrogens with one attached hydrogen (secondary N) is 2. The highest BCUT2D eigenvalue weighted by atomic mass is 19.1. The van der Waals surface area contributed by atoms with E-state index in [0.29, 0.717) is 69.7 Å². The van der Waals surface area contributed by atoms with Crippen LogP contribution in [-0.4, -0.2) is 84.1 Å². The molecule has 52 heavy (non-hydrogen) atoms. The molecule has 2 heterocycles. The van der Waals surface area contributed by atoms with Crippen molar-refractivity contribution in [2.45, 2.75) is 89.8 Å². The van der Waals surface area contributed by atoms with Gasteiger partial charge < -0.3 is 34.3 Å². The minimum atomic E-state index is -0.728.